The van der Waals surface area contributed by atoms with Crippen molar-refractivity contribution in [3.63, 3.8) is 0 Å². The summed E-state index contributed by atoms with van der Waals surface area (Å²) in [7, 11) is 5.84. The van der Waals surface area contributed by atoms with E-state index in [-0.39, 0.29) is 5.92 Å². The van der Waals surface area contributed by atoms with E-state index in [1.54, 1.807) is 7.11 Å². The Kier molecular flexibility index (Phi) is 11.7. The molecule has 7 nitrogen and oxygen atoms in total. The molecule has 2 rings (SSSR count). The van der Waals surface area contributed by atoms with Crippen LogP contribution in [0.2, 0.25) is 0 Å². The van der Waals surface area contributed by atoms with Crippen LogP contribution in [0.15, 0.2) is 6.20 Å². The molecule has 1 atom stereocenters. The smallest absolute Gasteiger partial charge is 0.126 e. The first kappa shape index (κ1) is 26.0. The number of aromatic nitrogens is 2. The number of aromatic amines is 1. The zero-order valence-corrected chi connectivity index (χ0v) is 20.4. The minimum Gasteiger partial charge on any atom is -0.384 e. The molecule has 1 aromatic heterocycles. The topological polar surface area (TPSA) is 73.5 Å². The van der Waals surface area contributed by atoms with Crippen molar-refractivity contribution in [3.8, 4) is 0 Å². The van der Waals surface area contributed by atoms with Gasteiger partial charge in [-0.25, -0.2) is 0 Å². The van der Waals surface area contributed by atoms with Crippen LogP contribution in [-0.4, -0.2) is 86.3 Å². The normalized spacial score (nSPS) is 20.6. The fourth-order valence-electron chi connectivity index (χ4n) is 4.69. The van der Waals surface area contributed by atoms with Crippen molar-refractivity contribution >= 4 is 6.29 Å². The van der Waals surface area contributed by atoms with Gasteiger partial charge in [0.15, 0.2) is 0 Å². The molecular weight excluding hydrogens is 390 g/mol. The molecule has 178 valence electrons. The van der Waals surface area contributed by atoms with Crippen molar-refractivity contribution in [2.75, 3.05) is 54.0 Å². The van der Waals surface area contributed by atoms with Gasteiger partial charge in [-0.15, -0.1) is 0 Å². The molecule has 1 saturated carbocycles. The molecule has 7 heteroatoms. The summed E-state index contributed by atoms with van der Waals surface area (Å²) in [6.45, 7) is 9.88. The fraction of sp³-hybridized carbons (Fsp3) is 0.833. The van der Waals surface area contributed by atoms with Gasteiger partial charge in [0, 0.05) is 57.0 Å². The van der Waals surface area contributed by atoms with Gasteiger partial charge in [-0.3, -0.25) is 10.00 Å². The van der Waals surface area contributed by atoms with Gasteiger partial charge >= 0.3 is 0 Å². The number of H-pyrrole nitrogens is 1. The van der Waals surface area contributed by atoms with Crippen LogP contribution in [0.25, 0.3) is 0 Å². The number of nitrogens with one attached hydrogen (secondary N) is 2. The number of methoxy groups -OCH3 is 1. The summed E-state index contributed by atoms with van der Waals surface area (Å²) in [5, 5.41) is 11.0. The fourth-order valence-corrected chi connectivity index (χ4v) is 4.69. The minimum absolute atomic E-state index is 0.0408. The number of ether oxygens (including phenoxy) is 1. The standard InChI is InChI=1S/C24H45N5O2/c1-19(2)10-12-29(15-20(17-30)18-31-5)23-8-6-21(7-9-23)24-22(14-26-27-24)16-28(4)13-11-25-3/h14,17,19-21,23,25H,6-13,15-16,18H2,1-5H3,(H,26,27)/t20?,21-,23-. The molecule has 0 spiro atoms. The highest BCUT2D eigenvalue weighted by atomic mass is 16.5. The first-order chi connectivity index (χ1) is 15.0. The summed E-state index contributed by atoms with van der Waals surface area (Å²) in [4.78, 5) is 16.4. The Morgan fingerprint density at radius 1 is 1.29 bits per heavy atom. The van der Waals surface area contributed by atoms with Gasteiger partial charge < -0.3 is 19.7 Å². The van der Waals surface area contributed by atoms with Crippen molar-refractivity contribution in [3.05, 3.63) is 17.5 Å². The lowest BCUT2D eigenvalue weighted by Gasteiger charge is -2.38. The molecule has 1 aliphatic rings. The average Bonchev–Trinajstić information content (AvgIpc) is 3.22. The molecule has 1 aliphatic carbocycles. The van der Waals surface area contributed by atoms with Crippen molar-refractivity contribution in [1.29, 1.82) is 0 Å². The number of carbonyl (C=O) groups excluding carboxylic acids is 1. The van der Waals surface area contributed by atoms with Crippen molar-refractivity contribution < 1.29 is 9.53 Å². The molecule has 1 fully saturated rings. The second-order valence-electron chi connectivity index (χ2n) is 9.67. The van der Waals surface area contributed by atoms with E-state index in [1.807, 2.05) is 7.05 Å². The van der Waals surface area contributed by atoms with Gasteiger partial charge in [-0.2, -0.15) is 5.10 Å². The number of nitrogens with zero attached hydrogens (tertiary/aromatic N) is 3. The number of likely N-dealkylation sites (N-methyl/N-ethyl adjacent to an activating group) is 2. The average molecular weight is 436 g/mol. The first-order valence-electron chi connectivity index (χ1n) is 12.0. The van der Waals surface area contributed by atoms with Crippen LogP contribution in [0.4, 0.5) is 0 Å². The Bertz CT molecular complexity index is 613. The van der Waals surface area contributed by atoms with E-state index in [1.165, 1.54) is 30.5 Å². The molecule has 0 bridgehead atoms. The Morgan fingerprint density at radius 3 is 2.65 bits per heavy atom. The third-order valence-corrected chi connectivity index (χ3v) is 6.57. The number of hydrogen-bond donors (Lipinski definition) is 2. The van der Waals surface area contributed by atoms with Gasteiger partial charge in [0.2, 0.25) is 0 Å². The first-order valence-corrected chi connectivity index (χ1v) is 12.0. The van der Waals surface area contributed by atoms with Crippen LogP contribution >= 0.6 is 0 Å². The Morgan fingerprint density at radius 2 is 2.03 bits per heavy atom. The molecule has 31 heavy (non-hydrogen) atoms. The Labute approximate surface area is 189 Å². The SMILES string of the molecule is CNCCN(C)Cc1c[nH]nc1[C@H]1CC[C@H](N(CCC(C)C)CC(C=O)COC)CC1. The molecule has 2 N–H and O–H groups in total. The maximum atomic E-state index is 11.5. The van der Waals surface area contributed by atoms with Gasteiger partial charge in [-0.05, 0) is 58.7 Å². The summed E-state index contributed by atoms with van der Waals surface area (Å²) >= 11 is 0. The van der Waals surface area contributed by atoms with Crippen LogP contribution in [-0.2, 0) is 16.1 Å². The predicted octanol–water partition coefficient (Wildman–Crippen LogP) is 2.90. The van der Waals surface area contributed by atoms with Crippen LogP contribution in [0.3, 0.4) is 0 Å². The summed E-state index contributed by atoms with van der Waals surface area (Å²) in [5.41, 5.74) is 2.59. The van der Waals surface area contributed by atoms with E-state index in [0.29, 0.717) is 24.5 Å². The zero-order chi connectivity index (χ0) is 22.6. The molecule has 0 aliphatic heterocycles. The highest BCUT2D eigenvalue weighted by Gasteiger charge is 2.30. The van der Waals surface area contributed by atoms with Crippen LogP contribution < -0.4 is 5.32 Å². The number of aldehydes is 1. The second-order valence-corrected chi connectivity index (χ2v) is 9.67. The molecule has 0 amide bonds. The molecule has 1 heterocycles. The summed E-state index contributed by atoms with van der Waals surface area (Å²) in [6, 6.07) is 0.551. The molecule has 1 unspecified atom stereocenters. The highest BCUT2D eigenvalue weighted by molar-refractivity contribution is 5.54. The highest BCUT2D eigenvalue weighted by Crippen LogP contribution is 2.36. The van der Waals surface area contributed by atoms with E-state index in [9.17, 15) is 4.79 Å². The molecule has 0 radical (unpaired) electrons. The summed E-state index contributed by atoms with van der Waals surface area (Å²) < 4.78 is 5.27. The quantitative estimate of drug-likeness (QED) is 0.413. The lowest BCUT2D eigenvalue weighted by Crippen LogP contribution is -2.43. The zero-order valence-electron chi connectivity index (χ0n) is 20.4. The monoisotopic (exact) mass is 435 g/mol. The van der Waals surface area contributed by atoms with E-state index in [0.717, 1.165) is 51.9 Å². The van der Waals surface area contributed by atoms with Gasteiger partial charge in [0.05, 0.1) is 18.2 Å². The lowest BCUT2D eigenvalue weighted by molar-refractivity contribution is -0.113. The Balaban J connectivity index is 1.95. The maximum Gasteiger partial charge on any atom is 0.126 e. The van der Waals surface area contributed by atoms with E-state index in [4.69, 9.17) is 4.74 Å². The van der Waals surface area contributed by atoms with Crippen LogP contribution in [0.5, 0.6) is 0 Å². The molecule has 1 aromatic rings. The molecule has 0 saturated heterocycles. The van der Waals surface area contributed by atoms with E-state index in [2.05, 4.69) is 52.4 Å². The van der Waals surface area contributed by atoms with E-state index >= 15 is 0 Å². The minimum atomic E-state index is -0.0408. The summed E-state index contributed by atoms with van der Waals surface area (Å²) in [5.74, 6) is 1.16. The van der Waals surface area contributed by atoms with Crippen molar-refractivity contribution in [1.82, 2.24) is 25.3 Å². The van der Waals surface area contributed by atoms with Crippen LogP contribution in [0.1, 0.15) is 63.1 Å². The molecule has 0 aromatic carbocycles. The summed E-state index contributed by atoms with van der Waals surface area (Å²) in [6.07, 6.45) is 8.98. The maximum absolute atomic E-state index is 11.5. The third kappa shape index (κ3) is 8.64. The van der Waals surface area contributed by atoms with Crippen molar-refractivity contribution in [2.24, 2.45) is 11.8 Å². The van der Waals surface area contributed by atoms with Crippen molar-refractivity contribution in [2.45, 2.75) is 64.5 Å². The largest absolute Gasteiger partial charge is 0.384 e. The molecular formula is C24H45N5O2. The van der Waals surface area contributed by atoms with E-state index < -0.39 is 0 Å². The number of rotatable bonds is 15. The third-order valence-electron chi connectivity index (χ3n) is 6.57. The number of hydrogen-bond acceptors (Lipinski definition) is 6. The van der Waals surface area contributed by atoms with Gasteiger partial charge in [-0.1, -0.05) is 13.8 Å². The Hall–Kier alpha value is -1.28. The second kappa shape index (κ2) is 14.0. The lowest BCUT2D eigenvalue weighted by atomic mass is 9.82. The predicted molar refractivity (Wildman–Crippen MR) is 126 cm³/mol. The van der Waals surface area contributed by atoms with Gasteiger partial charge in [0.25, 0.3) is 0 Å². The number of carbonyl (C=O) groups is 1. The van der Waals surface area contributed by atoms with Gasteiger partial charge in [0.1, 0.15) is 6.29 Å². The van der Waals surface area contributed by atoms with Crippen LogP contribution in [0, 0.1) is 11.8 Å².